The average Bonchev–Trinajstić information content (AvgIpc) is 3.91. The number of para-hydroxylation sites is 4. The fraction of sp³-hybridized carbons (Fsp3) is 0.0526. The van der Waals surface area contributed by atoms with Crippen molar-refractivity contribution in [3.8, 4) is 22.5 Å². The van der Waals surface area contributed by atoms with Gasteiger partial charge in [0.25, 0.3) is 0 Å². The van der Waals surface area contributed by atoms with Crippen LogP contribution in [0.5, 0.6) is 0 Å². The van der Waals surface area contributed by atoms with E-state index in [1.165, 1.54) is 92.3 Å². The largest absolute Gasteiger partial charge is 0.309 e. The van der Waals surface area contributed by atoms with Gasteiger partial charge in [-0.1, -0.05) is 190 Å². The number of rotatable bonds is 6. The van der Waals surface area contributed by atoms with E-state index in [0.717, 1.165) is 5.69 Å². The fourth-order valence-electron chi connectivity index (χ4n) is 10.9. The highest BCUT2D eigenvalue weighted by atomic mass is 28.3. The van der Waals surface area contributed by atoms with Crippen LogP contribution in [0.3, 0.4) is 0 Å². The molecular formula is C57H42N2Si. The summed E-state index contributed by atoms with van der Waals surface area (Å²) in [6, 6.07) is 81.9. The molecule has 2 aromatic heterocycles. The van der Waals surface area contributed by atoms with Crippen LogP contribution in [0.25, 0.3) is 66.1 Å². The van der Waals surface area contributed by atoms with E-state index in [1.807, 2.05) is 0 Å². The first-order chi connectivity index (χ1) is 29.6. The number of hydrogen-bond acceptors (Lipinski definition) is 0. The second kappa shape index (κ2) is 13.2. The molecule has 2 nitrogen and oxygen atoms in total. The van der Waals surface area contributed by atoms with Crippen LogP contribution in [0.4, 0.5) is 0 Å². The molecule has 0 aliphatic heterocycles. The first-order valence-corrected chi connectivity index (χ1v) is 23.0. The van der Waals surface area contributed by atoms with Gasteiger partial charge in [-0.05, 0) is 85.5 Å². The topological polar surface area (TPSA) is 9.86 Å². The summed E-state index contributed by atoms with van der Waals surface area (Å²) in [6.45, 7) is 4.74. The van der Waals surface area contributed by atoms with Crippen LogP contribution in [-0.2, 0) is 5.41 Å². The summed E-state index contributed by atoms with van der Waals surface area (Å²) in [5.74, 6) is 0. The molecule has 2 heterocycles. The summed E-state index contributed by atoms with van der Waals surface area (Å²) in [4.78, 5) is 0. The Hall–Kier alpha value is -7.20. The molecule has 9 aromatic carbocycles. The maximum absolute atomic E-state index is 3.01. The summed E-state index contributed by atoms with van der Waals surface area (Å²) in [5.41, 5.74) is 12.7. The molecule has 11 aromatic rings. The van der Waals surface area contributed by atoms with Crippen LogP contribution in [-0.4, -0.2) is 17.2 Å². The first-order valence-electron chi connectivity index (χ1n) is 21.0. The van der Waals surface area contributed by atoms with Crippen LogP contribution in [0.1, 0.15) is 25.0 Å². The molecule has 0 unspecified atom stereocenters. The molecule has 3 heteroatoms. The van der Waals surface area contributed by atoms with Crippen molar-refractivity contribution in [3.63, 3.8) is 0 Å². The molecule has 60 heavy (non-hydrogen) atoms. The molecule has 0 N–H and O–H groups in total. The lowest BCUT2D eigenvalue weighted by Crippen LogP contribution is -2.75. The van der Waals surface area contributed by atoms with Crippen molar-refractivity contribution in [1.82, 2.24) is 9.13 Å². The van der Waals surface area contributed by atoms with E-state index >= 15 is 0 Å². The summed E-state index contributed by atoms with van der Waals surface area (Å²) in [6.07, 6.45) is 0. The van der Waals surface area contributed by atoms with E-state index in [4.69, 9.17) is 0 Å². The van der Waals surface area contributed by atoms with Crippen LogP contribution >= 0.6 is 0 Å². The third-order valence-corrected chi connectivity index (χ3v) is 18.3. The van der Waals surface area contributed by atoms with Crippen molar-refractivity contribution in [2.75, 3.05) is 0 Å². The van der Waals surface area contributed by atoms with E-state index < -0.39 is 8.07 Å². The zero-order valence-corrected chi connectivity index (χ0v) is 34.7. The van der Waals surface area contributed by atoms with Crippen LogP contribution in [0.2, 0.25) is 0 Å². The molecule has 1 aliphatic rings. The maximum atomic E-state index is 2.51. The SMILES string of the molecule is CC1(C)c2ccccc2-c2c1ccc1c2c2ccccc2n1-c1ccc([Si](c2ccccc2)(c2ccccc2)c2cccc3c4ccccc4n(-c4ccccc4)c23)cc1. The van der Waals surface area contributed by atoms with Crippen molar-refractivity contribution in [1.29, 1.82) is 0 Å². The number of fused-ring (bicyclic) bond motifs is 10. The van der Waals surface area contributed by atoms with Gasteiger partial charge in [0, 0.05) is 38.3 Å². The molecule has 0 spiro atoms. The minimum Gasteiger partial charge on any atom is -0.309 e. The summed E-state index contributed by atoms with van der Waals surface area (Å²) in [5, 5.41) is 10.6. The third kappa shape index (κ3) is 4.75. The van der Waals surface area contributed by atoms with Gasteiger partial charge < -0.3 is 9.13 Å². The van der Waals surface area contributed by atoms with Crippen LogP contribution in [0, 0.1) is 0 Å². The first kappa shape index (κ1) is 34.8. The normalized spacial score (nSPS) is 13.3. The van der Waals surface area contributed by atoms with Crippen LogP contribution < -0.4 is 20.7 Å². The molecule has 0 saturated heterocycles. The Labute approximate surface area is 351 Å². The van der Waals surface area contributed by atoms with Gasteiger partial charge in [-0.2, -0.15) is 0 Å². The van der Waals surface area contributed by atoms with E-state index in [0.29, 0.717) is 0 Å². The Morgan fingerprint density at radius 3 is 1.60 bits per heavy atom. The van der Waals surface area contributed by atoms with Crippen molar-refractivity contribution in [2.24, 2.45) is 0 Å². The van der Waals surface area contributed by atoms with Gasteiger partial charge in [0.15, 0.2) is 8.07 Å². The number of benzene rings is 9. The van der Waals surface area contributed by atoms with Gasteiger partial charge >= 0.3 is 0 Å². The standard InChI is InChI=1S/C57H42N2Si/c1-57(2)48-29-15-12-26-46(48)54-49(57)37-38-52-55(54)47-27-14-17-31-51(47)58(52)40-33-35-43(36-34-40)60(41-21-8-4-9-22-41,42-23-10-5-11-24-42)53-32-18-28-45-44-25-13-16-30-50(44)59(56(45)53)39-19-6-3-7-20-39/h3-38H,1-2H3. The molecule has 12 rings (SSSR count). The second-order valence-corrected chi connectivity index (χ2v) is 20.6. The Balaban J connectivity index is 1.15. The van der Waals surface area contributed by atoms with Crippen molar-refractivity contribution in [3.05, 3.63) is 230 Å². The molecule has 1 aliphatic carbocycles. The quantitative estimate of drug-likeness (QED) is 0.117. The molecule has 0 saturated carbocycles. The van der Waals surface area contributed by atoms with E-state index in [-0.39, 0.29) is 5.41 Å². The second-order valence-electron chi connectivity index (χ2n) is 16.8. The number of aromatic nitrogens is 2. The molecule has 0 bridgehead atoms. The van der Waals surface area contributed by atoms with Crippen molar-refractivity contribution < 1.29 is 0 Å². The highest BCUT2D eigenvalue weighted by Crippen LogP contribution is 2.53. The average molecular weight is 783 g/mol. The summed E-state index contributed by atoms with van der Waals surface area (Å²) in [7, 11) is -3.01. The van der Waals surface area contributed by atoms with Gasteiger partial charge in [0.05, 0.1) is 22.1 Å². The van der Waals surface area contributed by atoms with Crippen molar-refractivity contribution >= 4 is 72.4 Å². The molecule has 0 radical (unpaired) electrons. The predicted molar refractivity (Wildman–Crippen MR) is 256 cm³/mol. The molecule has 0 atom stereocenters. The monoisotopic (exact) mass is 782 g/mol. The van der Waals surface area contributed by atoms with Gasteiger partial charge in [-0.3, -0.25) is 0 Å². The zero-order chi connectivity index (χ0) is 40.0. The van der Waals surface area contributed by atoms with Gasteiger partial charge in [-0.15, -0.1) is 0 Å². The lowest BCUT2D eigenvalue weighted by atomic mass is 9.82. The third-order valence-electron chi connectivity index (χ3n) is 13.5. The molecular weight excluding hydrogens is 741 g/mol. The highest BCUT2D eigenvalue weighted by Gasteiger charge is 2.44. The Morgan fingerprint density at radius 2 is 0.900 bits per heavy atom. The Kier molecular flexibility index (Phi) is 7.63. The van der Waals surface area contributed by atoms with Crippen LogP contribution in [0.15, 0.2) is 218 Å². The predicted octanol–water partition coefficient (Wildman–Crippen LogP) is 11.6. The van der Waals surface area contributed by atoms with E-state index in [9.17, 15) is 0 Å². The van der Waals surface area contributed by atoms with Gasteiger partial charge in [-0.25, -0.2) is 0 Å². The minimum absolute atomic E-state index is 0.0666. The molecule has 0 fully saturated rings. The van der Waals surface area contributed by atoms with Gasteiger partial charge in [0.2, 0.25) is 0 Å². The summed E-state index contributed by atoms with van der Waals surface area (Å²) < 4.78 is 5.00. The lowest BCUT2D eigenvalue weighted by Gasteiger charge is -2.35. The van der Waals surface area contributed by atoms with E-state index in [1.54, 1.807) is 0 Å². The number of nitrogens with zero attached hydrogens (tertiary/aromatic N) is 2. The van der Waals surface area contributed by atoms with Crippen molar-refractivity contribution in [2.45, 2.75) is 19.3 Å². The minimum atomic E-state index is -3.01. The fourth-order valence-corrected chi connectivity index (χ4v) is 15.8. The zero-order valence-electron chi connectivity index (χ0n) is 33.7. The van der Waals surface area contributed by atoms with Gasteiger partial charge in [0.1, 0.15) is 0 Å². The highest BCUT2D eigenvalue weighted by molar-refractivity contribution is 7.20. The Morgan fingerprint density at radius 1 is 0.367 bits per heavy atom. The Bertz CT molecular complexity index is 3390. The summed E-state index contributed by atoms with van der Waals surface area (Å²) >= 11 is 0. The number of hydrogen-bond donors (Lipinski definition) is 0. The lowest BCUT2D eigenvalue weighted by molar-refractivity contribution is 0.661. The molecule has 0 amide bonds. The maximum Gasteiger partial charge on any atom is 0.181 e. The molecule has 284 valence electrons. The van der Waals surface area contributed by atoms with E-state index in [2.05, 4.69) is 241 Å². The smallest absolute Gasteiger partial charge is 0.181 e.